The van der Waals surface area contributed by atoms with Crippen LogP contribution in [0.3, 0.4) is 0 Å². The summed E-state index contributed by atoms with van der Waals surface area (Å²) in [7, 11) is 0. The Morgan fingerprint density at radius 3 is 2.57 bits per heavy atom. The normalized spacial score (nSPS) is 12.5. The Balaban J connectivity index is 1.99. The number of aromatic nitrogens is 2. The molecule has 1 heterocycles. The molecule has 0 saturated heterocycles. The molecule has 2 N–H and O–H groups in total. The quantitative estimate of drug-likeness (QED) is 0.756. The minimum absolute atomic E-state index is 0.407. The number of aliphatic hydroxyl groups is 1. The van der Waals surface area contributed by atoms with E-state index in [0.717, 1.165) is 23.5 Å². The van der Waals surface area contributed by atoms with Gasteiger partial charge in [-0.3, -0.25) is 0 Å². The standard InChI is InChI=1S/C17H19N3O/c1-13(21)11-18-17-19-15-9-5-6-10-16(15)20(17)12-14-7-3-2-4-8-14/h2-10,13,21H,11-12H2,1H3,(H,18,19). The Kier molecular flexibility index (Phi) is 3.88. The van der Waals surface area contributed by atoms with Gasteiger partial charge in [0.25, 0.3) is 0 Å². The highest BCUT2D eigenvalue weighted by Gasteiger charge is 2.11. The summed E-state index contributed by atoms with van der Waals surface area (Å²) >= 11 is 0. The molecule has 0 bridgehead atoms. The first-order valence-corrected chi connectivity index (χ1v) is 7.15. The molecule has 4 nitrogen and oxygen atoms in total. The van der Waals surface area contributed by atoms with Gasteiger partial charge in [0.1, 0.15) is 0 Å². The first-order valence-electron chi connectivity index (χ1n) is 7.15. The number of nitrogens with zero attached hydrogens (tertiary/aromatic N) is 2. The van der Waals surface area contributed by atoms with E-state index in [-0.39, 0.29) is 0 Å². The van der Waals surface area contributed by atoms with Crippen LogP contribution in [-0.4, -0.2) is 27.3 Å². The van der Waals surface area contributed by atoms with Crippen molar-refractivity contribution < 1.29 is 5.11 Å². The number of nitrogens with one attached hydrogen (secondary N) is 1. The van der Waals surface area contributed by atoms with Crippen LogP contribution in [0.25, 0.3) is 11.0 Å². The highest BCUT2D eigenvalue weighted by atomic mass is 16.3. The van der Waals surface area contributed by atoms with Gasteiger partial charge in [0.05, 0.1) is 23.7 Å². The summed E-state index contributed by atoms with van der Waals surface area (Å²) in [6.07, 6.45) is -0.407. The maximum absolute atomic E-state index is 9.47. The summed E-state index contributed by atoms with van der Waals surface area (Å²) in [4.78, 5) is 4.62. The highest BCUT2D eigenvalue weighted by Crippen LogP contribution is 2.21. The molecule has 21 heavy (non-hydrogen) atoms. The number of fused-ring (bicyclic) bond motifs is 1. The van der Waals surface area contributed by atoms with Crippen molar-refractivity contribution >= 4 is 17.0 Å². The summed E-state index contributed by atoms with van der Waals surface area (Å²) < 4.78 is 2.15. The average molecular weight is 281 g/mol. The monoisotopic (exact) mass is 281 g/mol. The Labute approximate surface area is 124 Å². The zero-order valence-electron chi connectivity index (χ0n) is 12.0. The van der Waals surface area contributed by atoms with Crippen LogP contribution in [0.2, 0.25) is 0 Å². The van der Waals surface area contributed by atoms with Gasteiger partial charge in [-0.05, 0) is 24.6 Å². The van der Waals surface area contributed by atoms with Gasteiger partial charge in [0, 0.05) is 6.54 Å². The maximum Gasteiger partial charge on any atom is 0.204 e. The molecule has 3 aromatic rings. The van der Waals surface area contributed by atoms with E-state index in [1.54, 1.807) is 6.92 Å². The van der Waals surface area contributed by atoms with Crippen LogP contribution >= 0.6 is 0 Å². The third-order valence-electron chi connectivity index (χ3n) is 3.39. The van der Waals surface area contributed by atoms with Gasteiger partial charge in [-0.1, -0.05) is 42.5 Å². The number of rotatable bonds is 5. The van der Waals surface area contributed by atoms with Gasteiger partial charge in [-0.15, -0.1) is 0 Å². The SMILES string of the molecule is CC(O)CNc1nc2ccccc2n1Cc1ccccc1. The fourth-order valence-corrected chi connectivity index (χ4v) is 2.38. The third kappa shape index (κ3) is 3.06. The van der Waals surface area contributed by atoms with Crippen molar-refractivity contribution in [3.05, 3.63) is 60.2 Å². The topological polar surface area (TPSA) is 50.1 Å². The number of hydrogen-bond acceptors (Lipinski definition) is 3. The zero-order valence-corrected chi connectivity index (χ0v) is 12.0. The zero-order chi connectivity index (χ0) is 14.7. The molecule has 0 saturated carbocycles. The van der Waals surface area contributed by atoms with E-state index in [2.05, 4.69) is 33.1 Å². The van der Waals surface area contributed by atoms with Crippen LogP contribution in [0, 0.1) is 0 Å². The van der Waals surface area contributed by atoms with Crippen molar-refractivity contribution in [3.8, 4) is 0 Å². The Morgan fingerprint density at radius 1 is 1.10 bits per heavy atom. The molecule has 0 spiro atoms. The molecule has 1 atom stereocenters. The third-order valence-corrected chi connectivity index (χ3v) is 3.39. The van der Waals surface area contributed by atoms with Gasteiger partial charge in [0.2, 0.25) is 5.95 Å². The van der Waals surface area contributed by atoms with Crippen molar-refractivity contribution in [2.45, 2.75) is 19.6 Å². The smallest absolute Gasteiger partial charge is 0.204 e. The predicted octanol–water partition coefficient (Wildman–Crippen LogP) is 2.88. The minimum Gasteiger partial charge on any atom is -0.392 e. The molecule has 2 aromatic carbocycles. The summed E-state index contributed by atoms with van der Waals surface area (Å²) in [6.45, 7) is 3.00. The molecular formula is C17H19N3O. The summed E-state index contributed by atoms with van der Waals surface area (Å²) in [6, 6.07) is 18.4. The number of hydrogen-bond donors (Lipinski definition) is 2. The van der Waals surface area contributed by atoms with Crippen LogP contribution < -0.4 is 5.32 Å². The number of anilines is 1. The highest BCUT2D eigenvalue weighted by molar-refractivity contribution is 5.78. The van der Waals surface area contributed by atoms with E-state index in [0.29, 0.717) is 6.54 Å². The molecule has 0 radical (unpaired) electrons. The van der Waals surface area contributed by atoms with Crippen LogP contribution in [0.5, 0.6) is 0 Å². The summed E-state index contributed by atoms with van der Waals surface area (Å²) in [5.74, 6) is 0.793. The van der Waals surface area contributed by atoms with E-state index < -0.39 is 6.10 Å². The van der Waals surface area contributed by atoms with Crippen LogP contribution in [0.15, 0.2) is 54.6 Å². The first kappa shape index (κ1) is 13.6. The van der Waals surface area contributed by atoms with Crippen molar-refractivity contribution in [3.63, 3.8) is 0 Å². The van der Waals surface area contributed by atoms with Gasteiger partial charge >= 0.3 is 0 Å². The summed E-state index contributed by atoms with van der Waals surface area (Å²) in [5, 5.41) is 12.7. The van der Waals surface area contributed by atoms with Gasteiger partial charge in [-0.25, -0.2) is 4.98 Å². The van der Waals surface area contributed by atoms with Crippen LogP contribution in [0.1, 0.15) is 12.5 Å². The van der Waals surface area contributed by atoms with Crippen molar-refractivity contribution in [2.75, 3.05) is 11.9 Å². The molecule has 1 unspecified atom stereocenters. The van der Waals surface area contributed by atoms with Gasteiger partial charge < -0.3 is 15.0 Å². The molecule has 1 aromatic heterocycles. The maximum atomic E-state index is 9.47. The lowest BCUT2D eigenvalue weighted by molar-refractivity contribution is 0.208. The molecule has 0 amide bonds. The van der Waals surface area contributed by atoms with E-state index in [9.17, 15) is 5.11 Å². The van der Waals surface area contributed by atoms with Crippen molar-refractivity contribution in [1.29, 1.82) is 0 Å². The lowest BCUT2D eigenvalue weighted by Gasteiger charge is -2.12. The lowest BCUT2D eigenvalue weighted by Crippen LogP contribution is -2.18. The van der Waals surface area contributed by atoms with Crippen molar-refractivity contribution in [1.82, 2.24) is 9.55 Å². The fraction of sp³-hybridized carbons (Fsp3) is 0.235. The molecule has 0 aliphatic heterocycles. The van der Waals surface area contributed by atoms with E-state index in [4.69, 9.17) is 0 Å². The van der Waals surface area contributed by atoms with E-state index in [1.807, 2.05) is 36.4 Å². The predicted molar refractivity (Wildman–Crippen MR) is 85.4 cm³/mol. The van der Waals surface area contributed by atoms with Crippen LogP contribution in [-0.2, 0) is 6.54 Å². The second-order valence-corrected chi connectivity index (χ2v) is 5.23. The van der Waals surface area contributed by atoms with Crippen LogP contribution in [0.4, 0.5) is 5.95 Å². The molecule has 0 fully saturated rings. The Bertz CT molecular complexity index is 719. The van der Waals surface area contributed by atoms with Gasteiger partial charge in [-0.2, -0.15) is 0 Å². The molecule has 0 aliphatic carbocycles. The number of para-hydroxylation sites is 2. The summed E-state index contributed by atoms with van der Waals surface area (Å²) in [5.41, 5.74) is 3.27. The number of aliphatic hydroxyl groups excluding tert-OH is 1. The fourth-order valence-electron chi connectivity index (χ4n) is 2.38. The molecule has 0 aliphatic rings. The van der Waals surface area contributed by atoms with E-state index >= 15 is 0 Å². The van der Waals surface area contributed by atoms with E-state index in [1.165, 1.54) is 5.56 Å². The Hall–Kier alpha value is -2.33. The second-order valence-electron chi connectivity index (χ2n) is 5.23. The van der Waals surface area contributed by atoms with Gasteiger partial charge in [0.15, 0.2) is 0 Å². The number of imidazole rings is 1. The Morgan fingerprint density at radius 2 is 1.81 bits per heavy atom. The molecule has 3 rings (SSSR count). The largest absolute Gasteiger partial charge is 0.392 e. The molecule has 4 heteroatoms. The first-order chi connectivity index (χ1) is 10.2. The number of benzene rings is 2. The second kappa shape index (κ2) is 5.97. The molecule has 108 valence electrons. The molecular weight excluding hydrogens is 262 g/mol. The minimum atomic E-state index is -0.407. The average Bonchev–Trinajstić information content (AvgIpc) is 2.84. The van der Waals surface area contributed by atoms with Crippen molar-refractivity contribution in [2.24, 2.45) is 0 Å². The lowest BCUT2D eigenvalue weighted by atomic mass is 10.2.